The van der Waals surface area contributed by atoms with E-state index in [2.05, 4.69) is 67.8 Å². The summed E-state index contributed by atoms with van der Waals surface area (Å²) in [4.78, 5) is 13.3. The van der Waals surface area contributed by atoms with Crippen molar-refractivity contribution in [3.63, 3.8) is 0 Å². The molecule has 0 aromatic rings. The Morgan fingerprint density at radius 3 is 1.23 bits per heavy atom. The van der Waals surface area contributed by atoms with E-state index in [1.807, 2.05) is 6.08 Å². The van der Waals surface area contributed by atoms with E-state index in [4.69, 9.17) is 28.4 Å². The van der Waals surface area contributed by atoms with Gasteiger partial charge < -0.3 is 89.9 Å². The zero-order valence-electron chi connectivity index (χ0n) is 53.9. The third kappa shape index (κ3) is 32.9. The standard InChI is InChI=1S/C69H123NO18/c1-3-5-7-9-11-13-15-16-17-18-19-20-21-22-23-24-25-26-27-28-29-30-31-32-33-34-35-36-37-39-41-43-45-47-57(75)70-52(53(74)46-44-42-40-38-14-12-10-8-6-4-2)51-83-67-63(81)60(78)65(55(49-72)85-67)88-69-64(82)61(79)66(56(50-73)86-69)87-68-62(80)59(77)58(76)54(48-71)84-68/h14-16,18-19,21-22,38,44,46,52-56,58-69,71-74,76-82H,3-13,17,20,23-37,39-43,45,47-51H2,1-2H3,(H,70,75)/b16-15-,19-18-,22-21-,38-14+,46-44+. The molecule has 3 aliphatic rings. The van der Waals surface area contributed by atoms with Crippen molar-refractivity contribution < 1.29 is 89.4 Å². The van der Waals surface area contributed by atoms with Crippen molar-refractivity contribution in [3.05, 3.63) is 60.8 Å². The third-order valence-corrected chi connectivity index (χ3v) is 17.0. The molecule has 512 valence electrons. The Hall–Kier alpha value is -2.51. The number of nitrogens with one attached hydrogen (secondary N) is 1. The molecule has 0 spiro atoms. The van der Waals surface area contributed by atoms with Crippen molar-refractivity contribution in [2.24, 2.45) is 0 Å². The molecule has 3 rings (SSSR count). The van der Waals surface area contributed by atoms with Crippen LogP contribution in [0.5, 0.6) is 0 Å². The molecule has 3 aliphatic heterocycles. The van der Waals surface area contributed by atoms with Crippen LogP contribution in [0.4, 0.5) is 0 Å². The van der Waals surface area contributed by atoms with Gasteiger partial charge in [-0.2, -0.15) is 0 Å². The number of hydrogen-bond donors (Lipinski definition) is 12. The number of aliphatic hydroxyl groups is 11. The molecule has 17 atom stereocenters. The van der Waals surface area contributed by atoms with Gasteiger partial charge in [0.2, 0.25) is 5.91 Å². The van der Waals surface area contributed by atoms with E-state index in [1.54, 1.807) is 6.08 Å². The normalized spacial score (nSPS) is 28.8. The summed E-state index contributed by atoms with van der Waals surface area (Å²) < 4.78 is 34.2. The van der Waals surface area contributed by atoms with Crippen LogP contribution < -0.4 is 5.32 Å². The summed E-state index contributed by atoms with van der Waals surface area (Å²) in [5, 5.41) is 120. The molecule has 3 fully saturated rings. The molecule has 0 bridgehead atoms. The van der Waals surface area contributed by atoms with Gasteiger partial charge in [0.1, 0.15) is 73.2 Å². The van der Waals surface area contributed by atoms with Crippen molar-refractivity contribution in [1.29, 1.82) is 0 Å². The van der Waals surface area contributed by atoms with Gasteiger partial charge in [0.15, 0.2) is 18.9 Å². The lowest BCUT2D eigenvalue weighted by atomic mass is 9.96. The lowest BCUT2D eigenvalue weighted by Crippen LogP contribution is -2.66. The molecular formula is C69H123NO18. The molecular weight excluding hydrogens is 1130 g/mol. The van der Waals surface area contributed by atoms with E-state index in [9.17, 15) is 61.0 Å². The number of carbonyl (C=O) groups is 1. The van der Waals surface area contributed by atoms with Crippen molar-refractivity contribution in [2.45, 2.75) is 343 Å². The predicted octanol–water partition coefficient (Wildman–Crippen LogP) is 8.77. The highest BCUT2D eigenvalue weighted by atomic mass is 16.8. The zero-order valence-corrected chi connectivity index (χ0v) is 53.9. The first kappa shape index (κ1) is 79.7. The van der Waals surface area contributed by atoms with E-state index < -0.39 is 124 Å². The van der Waals surface area contributed by atoms with Crippen molar-refractivity contribution in [1.82, 2.24) is 5.32 Å². The van der Waals surface area contributed by atoms with Crippen LogP contribution >= 0.6 is 0 Å². The molecule has 19 heteroatoms. The second-order valence-electron chi connectivity index (χ2n) is 24.6. The second-order valence-corrected chi connectivity index (χ2v) is 24.6. The van der Waals surface area contributed by atoms with Crippen LogP contribution in [0.15, 0.2) is 60.8 Å². The molecule has 0 aromatic carbocycles. The molecule has 88 heavy (non-hydrogen) atoms. The Bertz CT molecular complexity index is 1830. The first-order chi connectivity index (χ1) is 42.8. The summed E-state index contributed by atoms with van der Waals surface area (Å²) in [7, 11) is 0. The number of allylic oxidation sites excluding steroid dienone is 9. The average molecular weight is 1250 g/mol. The van der Waals surface area contributed by atoms with Gasteiger partial charge in [-0.05, 0) is 70.6 Å². The second kappa shape index (κ2) is 51.0. The smallest absolute Gasteiger partial charge is 0.220 e. The first-order valence-corrected chi connectivity index (χ1v) is 34.5. The molecule has 3 saturated heterocycles. The molecule has 0 aromatic heterocycles. The molecule has 19 nitrogen and oxygen atoms in total. The Labute approximate surface area is 528 Å². The average Bonchev–Trinajstić information content (AvgIpc) is 1.86. The predicted molar refractivity (Wildman–Crippen MR) is 342 cm³/mol. The number of rotatable bonds is 52. The first-order valence-electron chi connectivity index (χ1n) is 34.5. The minimum absolute atomic E-state index is 0.235. The Morgan fingerprint density at radius 1 is 0.409 bits per heavy atom. The Morgan fingerprint density at radius 2 is 0.761 bits per heavy atom. The third-order valence-electron chi connectivity index (χ3n) is 17.0. The highest BCUT2D eigenvalue weighted by Crippen LogP contribution is 2.33. The largest absolute Gasteiger partial charge is 0.394 e. The van der Waals surface area contributed by atoms with E-state index in [-0.39, 0.29) is 18.9 Å². The number of ether oxygens (including phenoxy) is 6. The minimum atomic E-state index is -1.98. The van der Waals surface area contributed by atoms with Gasteiger partial charge >= 0.3 is 0 Å². The maximum Gasteiger partial charge on any atom is 0.220 e. The molecule has 3 heterocycles. The minimum Gasteiger partial charge on any atom is -0.394 e. The molecule has 0 aliphatic carbocycles. The summed E-state index contributed by atoms with van der Waals surface area (Å²) >= 11 is 0. The SMILES string of the molecule is CCCCCC/C=C/CC/C=C/C(O)C(COC1OC(CO)C(OC2OC(CO)C(OC3OC(CO)C(O)C(O)C3O)C(O)C2O)C(O)C1O)NC(=O)CCCCCCCCCCCCCCCCCCCC/C=C\C/C=C\C/C=C\CCCCCCC. The van der Waals surface area contributed by atoms with Crippen LogP contribution in [0.25, 0.3) is 0 Å². The van der Waals surface area contributed by atoms with Gasteiger partial charge in [-0.15, -0.1) is 0 Å². The quantitative estimate of drug-likeness (QED) is 0.0200. The summed E-state index contributed by atoms with van der Waals surface area (Å²) in [6.45, 7) is 1.65. The topological polar surface area (TPSA) is 307 Å². The molecule has 1 amide bonds. The van der Waals surface area contributed by atoms with Gasteiger partial charge in [0.25, 0.3) is 0 Å². The zero-order chi connectivity index (χ0) is 64.0. The lowest BCUT2D eigenvalue weighted by Gasteiger charge is -2.48. The van der Waals surface area contributed by atoms with Crippen LogP contribution in [0, 0.1) is 0 Å². The van der Waals surface area contributed by atoms with Crippen LogP contribution in [-0.4, -0.2) is 193 Å². The van der Waals surface area contributed by atoms with E-state index in [0.717, 1.165) is 51.4 Å². The maximum absolute atomic E-state index is 13.3. The van der Waals surface area contributed by atoms with E-state index in [0.29, 0.717) is 12.8 Å². The van der Waals surface area contributed by atoms with Crippen LogP contribution in [0.2, 0.25) is 0 Å². The Balaban J connectivity index is 1.34. The fourth-order valence-electron chi connectivity index (χ4n) is 11.4. The van der Waals surface area contributed by atoms with Gasteiger partial charge in [-0.1, -0.05) is 222 Å². The number of hydrogen-bond acceptors (Lipinski definition) is 18. The van der Waals surface area contributed by atoms with Crippen molar-refractivity contribution in [2.75, 3.05) is 26.4 Å². The van der Waals surface area contributed by atoms with Crippen LogP contribution in [0.1, 0.15) is 239 Å². The summed E-state index contributed by atoms with van der Waals surface area (Å²) in [5.74, 6) is -0.287. The number of amides is 1. The molecule has 0 radical (unpaired) electrons. The highest BCUT2D eigenvalue weighted by molar-refractivity contribution is 5.76. The van der Waals surface area contributed by atoms with Crippen molar-refractivity contribution >= 4 is 5.91 Å². The van der Waals surface area contributed by atoms with Gasteiger partial charge in [0.05, 0.1) is 38.6 Å². The van der Waals surface area contributed by atoms with Gasteiger partial charge in [-0.25, -0.2) is 0 Å². The number of carbonyl (C=O) groups excluding carboxylic acids is 1. The van der Waals surface area contributed by atoms with E-state index in [1.165, 1.54) is 154 Å². The summed E-state index contributed by atoms with van der Waals surface area (Å²) in [6.07, 6.45) is 35.3. The maximum atomic E-state index is 13.3. The lowest BCUT2D eigenvalue weighted by molar-refractivity contribution is -0.379. The fraction of sp³-hybridized carbons (Fsp3) is 0.841. The summed E-state index contributed by atoms with van der Waals surface area (Å²) in [6, 6.07) is -0.989. The number of aliphatic hydroxyl groups excluding tert-OH is 11. The van der Waals surface area contributed by atoms with Crippen LogP contribution in [-0.2, 0) is 33.2 Å². The van der Waals surface area contributed by atoms with Crippen LogP contribution in [0.3, 0.4) is 0 Å². The monoisotopic (exact) mass is 1250 g/mol. The van der Waals surface area contributed by atoms with Crippen molar-refractivity contribution in [3.8, 4) is 0 Å². The molecule has 12 N–H and O–H groups in total. The molecule has 0 saturated carbocycles. The summed E-state index contributed by atoms with van der Waals surface area (Å²) in [5.41, 5.74) is 0. The highest BCUT2D eigenvalue weighted by Gasteiger charge is 2.53. The Kier molecular flexibility index (Phi) is 46.2. The van der Waals surface area contributed by atoms with Gasteiger partial charge in [0, 0.05) is 6.42 Å². The molecule has 17 unspecified atom stereocenters. The fourth-order valence-corrected chi connectivity index (χ4v) is 11.4. The number of unbranched alkanes of at least 4 members (excludes halogenated alkanes) is 28. The van der Waals surface area contributed by atoms with E-state index >= 15 is 0 Å². The van der Waals surface area contributed by atoms with Gasteiger partial charge in [-0.3, -0.25) is 4.79 Å².